The molecule has 8 nitrogen and oxygen atoms in total. The van der Waals surface area contributed by atoms with E-state index >= 15 is 0 Å². The minimum atomic E-state index is -3.72. The number of nitrogens with one attached hydrogen (secondary N) is 2. The number of benzene rings is 1. The Kier molecular flexibility index (Phi) is 5.58. The van der Waals surface area contributed by atoms with Crippen molar-refractivity contribution in [3.63, 3.8) is 0 Å². The van der Waals surface area contributed by atoms with Gasteiger partial charge in [-0.3, -0.25) is 4.79 Å². The van der Waals surface area contributed by atoms with Crippen LogP contribution >= 0.6 is 0 Å². The first kappa shape index (κ1) is 18.4. The predicted molar refractivity (Wildman–Crippen MR) is 86.4 cm³/mol. The Morgan fingerprint density at radius 3 is 2.50 bits per heavy atom. The Balaban J connectivity index is 2.01. The van der Waals surface area contributed by atoms with Crippen molar-refractivity contribution in [2.45, 2.75) is 23.8 Å². The average Bonchev–Trinajstić information content (AvgIpc) is 2.86. The quantitative estimate of drug-likeness (QED) is 0.665. The molecule has 0 aliphatic carbocycles. The fraction of sp³-hybridized carbons (Fsp3) is 0.429. The summed E-state index contributed by atoms with van der Waals surface area (Å²) in [7, 11) is -6.81. The van der Waals surface area contributed by atoms with Gasteiger partial charge in [0.15, 0.2) is 9.84 Å². The number of hydrogen-bond acceptors (Lipinski definition) is 6. The number of sulfonamides is 1. The molecule has 1 fully saturated rings. The zero-order chi connectivity index (χ0) is 17.8. The first-order valence-corrected chi connectivity index (χ1v) is 10.5. The molecule has 1 unspecified atom stereocenters. The topological polar surface area (TPSA) is 133 Å². The second-order valence-electron chi connectivity index (χ2n) is 5.40. The van der Waals surface area contributed by atoms with E-state index < -0.39 is 31.8 Å². The molecule has 24 heavy (non-hydrogen) atoms. The Labute approximate surface area is 140 Å². The van der Waals surface area contributed by atoms with Crippen LogP contribution in [0.15, 0.2) is 29.2 Å². The number of hydrogen-bond donors (Lipinski definition) is 2. The third-order valence-corrected chi connectivity index (χ3v) is 6.77. The number of amides is 1. The summed E-state index contributed by atoms with van der Waals surface area (Å²) in [5.74, 6) is -0.462. The molecule has 0 saturated carbocycles. The Bertz CT molecular complexity index is 855. The highest BCUT2D eigenvalue weighted by Crippen LogP contribution is 2.14. The van der Waals surface area contributed by atoms with Crippen molar-refractivity contribution < 1.29 is 21.6 Å². The molecule has 1 aromatic rings. The molecule has 130 valence electrons. The lowest BCUT2D eigenvalue weighted by Gasteiger charge is -2.11. The summed E-state index contributed by atoms with van der Waals surface area (Å²) >= 11 is 0. The zero-order valence-corrected chi connectivity index (χ0v) is 14.4. The number of carbonyl (C=O) groups is 1. The maximum Gasteiger partial charge on any atom is 0.251 e. The molecule has 1 amide bonds. The van der Waals surface area contributed by atoms with E-state index in [1.807, 2.05) is 6.07 Å². The van der Waals surface area contributed by atoms with Crippen LogP contribution in [0.3, 0.4) is 0 Å². The third kappa shape index (κ3) is 4.77. The number of nitrogens with zero attached hydrogens (tertiary/aromatic N) is 1. The van der Waals surface area contributed by atoms with Crippen LogP contribution in [0, 0.1) is 11.3 Å². The van der Waals surface area contributed by atoms with Crippen molar-refractivity contribution in [1.82, 2.24) is 10.0 Å². The Morgan fingerprint density at radius 1 is 1.29 bits per heavy atom. The largest absolute Gasteiger partial charge is 0.348 e. The van der Waals surface area contributed by atoms with E-state index in [-0.39, 0.29) is 34.9 Å². The molecule has 1 atom stereocenters. The lowest BCUT2D eigenvalue weighted by Crippen LogP contribution is -2.35. The van der Waals surface area contributed by atoms with Crippen LogP contribution in [0.4, 0.5) is 0 Å². The highest BCUT2D eigenvalue weighted by atomic mass is 32.2. The normalized spacial score (nSPS) is 19.5. The Morgan fingerprint density at radius 2 is 1.96 bits per heavy atom. The first-order chi connectivity index (χ1) is 11.2. The highest BCUT2D eigenvalue weighted by molar-refractivity contribution is 7.91. The SMILES string of the molecule is N#CCCNS(=O)(=O)c1ccc(C(=O)NC2CCS(=O)(=O)C2)cc1. The minimum absolute atomic E-state index is 0.0111. The highest BCUT2D eigenvalue weighted by Gasteiger charge is 2.29. The van der Waals surface area contributed by atoms with Gasteiger partial charge < -0.3 is 5.32 Å². The van der Waals surface area contributed by atoms with Crippen molar-refractivity contribution in [2.24, 2.45) is 0 Å². The fourth-order valence-electron chi connectivity index (χ4n) is 2.29. The number of rotatable bonds is 6. The van der Waals surface area contributed by atoms with Gasteiger partial charge in [-0.25, -0.2) is 21.6 Å². The zero-order valence-electron chi connectivity index (χ0n) is 12.7. The van der Waals surface area contributed by atoms with E-state index in [1.165, 1.54) is 24.3 Å². The van der Waals surface area contributed by atoms with Gasteiger partial charge in [0.1, 0.15) is 0 Å². The molecule has 2 rings (SSSR count). The van der Waals surface area contributed by atoms with Gasteiger partial charge in [-0.05, 0) is 30.7 Å². The molecular weight excluding hydrogens is 354 g/mol. The number of carbonyl (C=O) groups excluding carboxylic acids is 1. The summed E-state index contributed by atoms with van der Waals surface area (Å²) in [5, 5.41) is 11.0. The van der Waals surface area contributed by atoms with Crippen molar-refractivity contribution in [2.75, 3.05) is 18.1 Å². The summed E-state index contributed by atoms with van der Waals surface area (Å²) in [5.41, 5.74) is 0.246. The monoisotopic (exact) mass is 371 g/mol. The van der Waals surface area contributed by atoms with Crippen LogP contribution in [-0.2, 0) is 19.9 Å². The Hall–Kier alpha value is -1.96. The fourth-order valence-corrected chi connectivity index (χ4v) is 4.99. The smallest absolute Gasteiger partial charge is 0.251 e. The molecule has 1 aliphatic rings. The molecule has 1 heterocycles. The molecule has 1 saturated heterocycles. The molecule has 0 radical (unpaired) electrons. The van der Waals surface area contributed by atoms with Gasteiger partial charge in [-0.15, -0.1) is 0 Å². The van der Waals surface area contributed by atoms with Crippen molar-refractivity contribution in [3.8, 4) is 6.07 Å². The predicted octanol–water partition coefficient (Wildman–Crippen LogP) is -0.205. The molecule has 0 bridgehead atoms. The average molecular weight is 371 g/mol. The van der Waals surface area contributed by atoms with Crippen molar-refractivity contribution >= 4 is 25.8 Å². The summed E-state index contributed by atoms with van der Waals surface area (Å²) in [4.78, 5) is 12.1. The summed E-state index contributed by atoms with van der Waals surface area (Å²) in [6, 6.07) is 6.71. The standard InChI is InChI=1S/C14H17N3O5S2/c15-7-1-8-16-24(21,22)13-4-2-11(3-5-13)14(18)17-12-6-9-23(19,20)10-12/h2-5,12,16H,1,6,8-10H2,(H,17,18). The first-order valence-electron chi connectivity index (χ1n) is 7.21. The van der Waals surface area contributed by atoms with E-state index in [4.69, 9.17) is 5.26 Å². The van der Waals surface area contributed by atoms with Gasteiger partial charge in [-0.2, -0.15) is 5.26 Å². The number of sulfone groups is 1. The lowest BCUT2D eigenvalue weighted by molar-refractivity contribution is 0.0941. The van der Waals surface area contributed by atoms with Gasteiger partial charge in [0, 0.05) is 24.6 Å². The minimum Gasteiger partial charge on any atom is -0.348 e. The lowest BCUT2D eigenvalue weighted by atomic mass is 10.2. The van der Waals surface area contributed by atoms with Crippen molar-refractivity contribution in [3.05, 3.63) is 29.8 Å². The molecule has 10 heteroatoms. The molecule has 2 N–H and O–H groups in total. The van der Waals surface area contributed by atoms with Gasteiger partial charge in [0.25, 0.3) is 5.91 Å². The van der Waals surface area contributed by atoms with Crippen LogP contribution in [-0.4, -0.2) is 46.8 Å². The second kappa shape index (κ2) is 7.29. The molecular formula is C14H17N3O5S2. The summed E-state index contributed by atoms with van der Waals surface area (Å²) < 4.78 is 48.9. The summed E-state index contributed by atoms with van der Waals surface area (Å²) in [6.07, 6.45) is 0.438. The van der Waals surface area contributed by atoms with E-state index in [0.29, 0.717) is 6.42 Å². The van der Waals surface area contributed by atoms with Crippen molar-refractivity contribution in [1.29, 1.82) is 5.26 Å². The van der Waals surface area contributed by atoms with Crippen LogP contribution in [0.2, 0.25) is 0 Å². The van der Waals surface area contributed by atoms with Crippen LogP contribution in [0.5, 0.6) is 0 Å². The molecule has 0 aromatic heterocycles. The van der Waals surface area contributed by atoms with Crippen LogP contribution in [0.1, 0.15) is 23.2 Å². The maximum absolute atomic E-state index is 12.1. The maximum atomic E-state index is 12.1. The van der Waals surface area contributed by atoms with Gasteiger partial charge >= 0.3 is 0 Å². The third-order valence-electron chi connectivity index (χ3n) is 3.52. The van der Waals surface area contributed by atoms with E-state index in [2.05, 4.69) is 10.0 Å². The number of nitriles is 1. The molecule has 0 spiro atoms. The van der Waals surface area contributed by atoms with Crippen LogP contribution < -0.4 is 10.0 Å². The van der Waals surface area contributed by atoms with E-state index in [9.17, 15) is 21.6 Å². The van der Waals surface area contributed by atoms with Crippen LogP contribution in [0.25, 0.3) is 0 Å². The van der Waals surface area contributed by atoms with E-state index in [0.717, 1.165) is 0 Å². The molecule has 1 aliphatic heterocycles. The second-order valence-corrected chi connectivity index (χ2v) is 9.40. The summed E-state index contributed by atoms with van der Waals surface area (Å²) in [6.45, 7) is 0.0111. The molecule has 1 aromatic carbocycles. The van der Waals surface area contributed by atoms with E-state index in [1.54, 1.807) is 0 Å². The van der Waals surface area contributed by atoms with Gasteiger partial charge in [0.2, 0.25) is 10.0 Å². The van der Waals surface area contributed by atoms with Gasteiger partial charge in [0.05, 0.1) is 22.5 Å². The van der Waals surface area contributed by atoms with Gasteiger partial charge in [-0.1, -0.05) is 0 Å².